The molecule has 2 heterocycles. The van der Waals surface area contributed by atoms with Crippen molar-refractivity contribution in [2.45, 2.75) is 13.0 Å². The molecule has 0 unspecified atom stereocenters. The van der Waals surface area contributed by atoms with Gasteiger partial charge in [-0.2, -0.15) is 5.10 Å². The van der Waals surface area contributed by atoms with Crippen molar-refractivity contribution in [3.8, 4) is 0 Å². The first-order chi connectivity index (χ1) is 11.1. The van der Waals surface area contributed by atoms with Crippen LogP contribution < -0.4 is 0 Å². The van der Waals surface area contributed by atoms with Crippen molar-refractivity contribution in [2.75, 3.05) is 26.2 Å². The second-order valence-corrected chi connectivity index (χ2v) is 6.32. The molecule has 0 spiro atoms. The fraction of sp³-hybridized carbons (Fsp3) is 0.412. The average Bonchev–Trinajstić information content (AvgIpc) is 2.84. The molecule has 1 amide bonds. The van der Waals surface area contributed by atoms with Crippen LogP contribution in [0.25, 0.3) is 0 Å². The van der Waals surface area contributed by atoms with E-state index in [-0.39, 0.29) is 5.91 Å². The van der Waals surface area contributed by atoms with Crippen LogP contribution in [-0.2, 0) is 13.6 Å². The first-order valence-electron chi connectivity index (χ1n) is 7.87. The molecule has 3 rings (SSSR count). The lowest BCUT2D eigenvalue weighted by molar-refractivity contribution is 0.0761. The van der Waals surface area contributed by atoms with Crippen LogP contribution in [0, 0.1) is 0 Å². The number of carbonyl (C=O) groups excluding carboxylic acids is 1. The third-order valence-electron chi connectivity index (χ3n) is 4.18. The summed E-state index contributed by atoms with van der Waals surface area (Å²) in [5.41, 5.74) is 1.80. The maximum atomic E-state index is 12.5. The van der Waals surface area contributed by atoms with Crippen molar-refractivity contribution in [2.24, 2.45) is 7.05 Å². The quantitative estimate of drug-likeness (QED) is 0.866. The Balaban J connectivity index is 1.61. The van der Waals surface area contributed by atoms with Gasteiger partial charge in [-0.1, -0.05) is 29.8 Å². The van der Waals surface area contributed by atoms with Gasteiger partial charge in [0.1, 0.15) is 0 Å². The molecule has 1 fully saturated rings. The number of benzene rings is 1. The highest BCUT2D eigenvalue weighted by molar-refractivity contribution is 6.31. The Morgan fingerprint density at radius 2 is 2.04 bits per heavy atom. The molecule has 0 bridgehead atoms. The zero-order valence-electron chi connectivity index (χ0n) is 13.3. The standard InChI is InChI=1S/C17H21ClN4O/c1-20-12-15(11-19-20)17(23)22-8-4-7-21(9-10-22)13-14-5-2-3-6-16(14)18/h2-3,5-6,11-12H,4,7-10,13H2,1H3. The number of hydrogen-bond donors (Lipinski definition) is 0. The van der Waals surface area contributed by atoms with Gasteiger partial charge < -0.3 is 4.90 Å². The summed E-state index contributed by atoms with van der Waals surface area (Å²) in [5, 5.41) is 4.89. The Kier molecular flexibility index (Phi) is 4.98. The Labute approximate surface area is 141 Å². The van der Waals surface area contributed by atoms with Crippen molar-refractivity contribution in [1.82, 2.24) is 19.6 Å². The summed E-state index contributed by atoms with van der Waals surface area (Å²) in [4.78, 5) is 16.8. The SMILES string of the molecule is Cn1cc(C(=O)N2CCCN(Cc3ccccc3Cl)CC2)cn1. The molecule has 2 aromatic rings. The van der Waals surface area contributed by atoms with Crippen LogP contribution in [0.15, 0.2) is 36.7 Å². The molecule has 6 heteroatoms. The van der Waals surface area contributed by atoms with E-state index < -0.39 is 0 Å². The molecule has 0 atom stereocenters. The number of amides is 1. The van der Waals surface area contributed by atoms with Crippen LogP contribution >= 0.6 is 11.6 Å². The number of hydrogen-bond acceptors (Lipinski definition) is 3. The zero-order chi connectivity index (χ0) is 16.2. The van der Waals surface area contributed by atoms with Crippen molar-refractivity contribution < 1.29 is 4.79 Å². The summed E-state index contributed by atoms with van der Waals surface area (Å²) >= 11 is 6.25. The van der Waals surface area contributed by atoms with Gasteiger partial charge in [0, 0.05) is 51.0 Å². The molecule has 1 aromatic carbocycles. The molecular weight excluding hydrogens is 312 g/mol. The fourth-order valence-corrected chi connectivity index (χ4v) is 3.11. The molecule has 1 aliphatic rings. The minimum absolute atomic E-state index is 0.0673. The molecule has 0 aliphatic carbocycles. The zero-order valence-corrected chi connectivity index (χ0v) is 14.0. The predicted octanol–water partition coefficient (Wildman–Crippen LogP) is 2.42. The van der Waals surface area contributed by atoms with Crippen molar-refractivity contribution in [1.29, 1.82) is 0 Å². The third-order valence-corrected chi connectivity index (χ3v) is 4.55. The minimum Gasteiger partial charge on any atom is -0.337 e. The number of rotatable bonds is 3. The molecule has 1 saturated heterocycles. The van der Waals surface area contributed by atoms with Gasteiger partial charge in [-0.05, 0) is 18.1 Å². The van der Waals surface area contributed by atoms with E-state index in [2.05, 4.69) is 16.1 Å². The van der Waals surface area contributed by atoms with E-state index in [1.807, 2.05) is 30.1 Å². The largest absolute Gasteiger partial charge is 0.337 e. The molecule has 122 valence electrons. The van der Waals surface area contributed by atoms with Gasteiger partial charge in [0.15, 0.2) is 0 Å². The second-order valence-electron chi connectivity index (χ2n) is 5.92. The minimum atomic E-state index is 0.0673. The van der Waals surface area contributed by atoms with Crippen LogP contribution in [0.5, 0.6) is 0 Å². The maximum absolute atomic E-state index is 12.5. The van der Waals surface area contributed by atoms with Gasteiger partial charge in [-0.15, -0.1) is 0 Å². The monoisotopic (exact) mass is 332 g/mol. The molecule has 5 nitrogen and oxygen atoms in total. The normalized spacial score (nSPS) is 16.3. The lowest BCUT2D eigenvalue weighted by atomic mass is 10.2. The molecule has 1 aliphatic heterocycles. The summed E-state index contributed by atoms with van der Waals surface area (Å²) < 4.78 is 1.66. The summed E-state index contributed by atoms with van der Waals surface area (Å²) in [5.74, 6) is 0.0673. The van der Waals surface area contributed by atoms with Crippen LogP contribution in [0.1, 0.15) is 22.3 Å². The molecule has 0 radical (unpaired) electrons. The summed E-state index contributed by atoms with van der Waals surface area (Å²) in [6.07, 6.45) is 4.37. The highest BCUT2D eigenvalue weighted by Gasteiger charge is 2.21. The van der Waals surface area contributed by atoms with Gasteiger partial charge in [-0.25, -0.2) is 0 Å². The van der Waals surface area contributed by atoms with Gasteiger partial charge in [-0.3, -0.25) is 14.4 Å². The van der Waals surface area contributed by atoms with Crippen LogP contribution in [0.2, 0.25) is 5.02 Å². The molecular formula is C17H21ClN4O. The van der Waals surface area contributed by atoms with E-state index in [9.17, 15) is 4.79 Å². The molecule has 0 N–H and O–H groups in total. The van der Waals surface area contributed by atoms with E-state index in [1.165, 1.54) is 0 Å². The summed E-state index contributed by atoms with van der Waals surface area (Å²) in [7, 11) is 1.82. The Hall–Kier alpha value is -1.85. The van der Waals surface area contributed by atoms with Gasteiger partial charge in [0.2, 0.25) is 0 Å². The average molecular weight is 333 g/mol. The lowest BCUT2D eigenvalue weighted by Crippen LogP contribution is -2.35. The Morgan fingerprint density at radius 1 is 1.22 bits per heavy atom. The highest BCUT2D eigenvalue weighted by Crippen LogP contribution is 2.18. The lowest BCUT2D eigenvalue weighted by Gasteiger charge is -2.22. The Morgan fingerprint density at radius 3 is 2.78 bits per heavy atom. The van der Waals surface area contributed by atoms with E-state index >= 15 is 0 Å². The number of aromatic nitrogens is 2. The van der Waals surface area contributed by atoms with Crippen molar-refractivity contribution >= 4 is 17.5 Å². The maximum Gasteiger partial charge on any atom is 0.257 e. The number of carbonyl (C=O) groups is 1. The number of aryl methyl sites for hydroxylation is 1. The second kappa shape index (κ2) is 7.15. The number of nitrogens with zero attached hydrogens (tertiary/aromatic N) is 4. The number of halogens is 1. The van der Waals surface area contributed by atoms with E-state index in [0.29, 0.717) is 5.56 Å². The molecule has 0 saturated carbocycles. The van der Waals surface area contributed by atoms with Gasteiger partial charge in [0.05, 0.1) is 11.8 Å². The van der Waals surface area contributed by atoms with Crippen LogP contribution in [0.4, 0.5) is 0 Å². The first-order valence-corrected chi connectivity index (χ1v) is 8.25. The van der Waals surface area contributed by atoms with E-state index in [4.69, 9.17) is 11.6 Å². The van der Waals surface area contributed by atoms with Gasteiger partial charge >= 0.3 is 0 Å². The topological polar surface area (TPSA) is 41.4 Å². The molecule has 1 aromatic heterocycles. The van der Waals surface area contributed by atoms with Crippen molar-refractivity contribution in [3.05, 3.63) is 52.8 Å². The van der Waals surface area contributed by atoms with E-state index in [1.54, 1.807) is 17.1 Å². The van der Waals surface area contributed by atoms with Crippen molar-refractivity contribution in [3.63, 3.8) is 0 Å². The summed E-state index contributed by atoms with van der Waals surface area (Å²) in [6, 6.07) is 7.94. The Bertz CT molecular complexity index is 685. The molecule has 23 heavy (non-hydrogen) atoms. The highest BCUT2D eigenvalue weighted by atomic mass is 35.5. The fourth-order valence-electron chi connectivity index (χ4n) is 2.91. The first kappa shape index (κ1) is 16.0. The third kappa shape index (κ3) is 3.92. The van der Waals surface area contributed by atoms with Gasteiger partial charge in [0.25, 0.3) is 5.91 Å². The van der Waals surface area contributed by atoms with E-state index in [0.717, 1.165) is 49.7 Å². The smallest absolute Gasteiger partial charge is 0.257 e. The van der Waals surface area contributed by atoms with Crippen LogP contribution in [0.3, 0.4) is 0 Å². The summed E-state index contributed by atoms with van der Waals surface area (Å²) in [6.45, 7) is 4.18. The predicted molar refractivity (Wildman–Crippen MR) is 90.5 cm³/mol. The van der Waals surface area contributed by atoms with Crippen LogP contribution in [-0.4, -0.2) is 51.7 Å².